The Morgan fingerprint density at radius 2 is 1.56 bits per heavy atom. The molecule has 0 aliphatic carbocycles. The highest BCUT2D eigenvalue weighted by Crippen LogP contribution is 1.98. The minimum atomic E-state index is -0.830. The number of halogens is 1. The van der Waals surface area contributed by atoms with Crippen LogP contribution in [0.4, 0.5) is 0 Å². The number of hydrogen-bond acceptors (Lipinski definition) is 3. The van der Waals surface area contributed by atoms with Crippen molar-refractivity contribution in [1.29, 1.82) is 0 Å². The van der Waals surface area contributed by atoms with E-state index in [0.29, 0.717) is 13.1 Å². The molecule has 1 N–H and O–H groups in total. The first-order valence-corrected chi connectivity index (χ1v) is 6.19. The van der Waals surface area contributed by atoms with Crippen LogP contribution < -0.4 is 0 Å². The maximum absolute atomic E-state index is 11.9. The zero-order valence-corrected chi connectivity index (χ0v) is 12.3. The largest absolute Gasteiger partial charge is 0.481 e. The maximum Gasteiger partial charge on any atom is 0.304 e. The number of hydrogen-bond donors (Lipinski definition) is 1. The highest BCUT2D eigenvalue weighted by molar-refractivity contribution is 5.85. The highest BCUT2D eigenvalue weighted by atomic mass is 35.5. The molecular weight excluding hydrogens is 256 g/mol. The van der Waals surface area contributed by atoms with Crippen LogP contribution in [-0.2, 0) is 9.59 Å². The molecule has 0 aromatic heterocycles. The van der Waals surface area contributed by atoms with E-state index >= 15 is 0 Å². The molecule has 0 rings (SSSR count). The van der Waals surface area contributed by atoms with Gasteiger partial charge in [-0.2, -0.15) is 0 Å². The van der Waals surface area contributed by atoms with Crippen LogP contribution in [0.3, 0.4) is 0 Å². The fraction of sp³-hybridized carbons (Fsp3) is 0.833. The van der Waals surface area contributed by atoms with Crippen LogP contribution in [0.15, 0.2) is 0 Å². The summed E-state index contributed by atoms with van der Waals surface area (Å²) in [6.07, 6.45) is 1.97. The van der Waals surface area contributed by atoms with E-state index in [1.807, 2.05) is 18.7 Å². The molecule has 6 heteroatoms. The van der Waals surface area contributed by atoms with Crippen LogP contribution in [0.5, 0.6) is 0 Å². The molecule has 1 amide bonds. The van der Waals surface area contributed by atoms with Gasteiger partial charge in [-0.3, -0.25) is 14.5 Å². The van der Waals surface area contributed by atoms with Gasteiger partial charge in [-0.15, -0.1) is 12.4 Å². The molecule has 5 nitrogen and oxygen atoms in total. The van der Waals surface area contributed by atoms with E-state index in [2.05, 4.69) is 0 Å². The summed E-state index contributed by atoms with van der Waals surface area (Å²) in [6.45, 7) is 6.35. The summed E-state index contributed by atoms with van der Waals surface area (Å²) in [4.78, 5) is 25.9. The number of carbonyl (C=O) groups is 2. The summed E-state index contributed by atoms with van der Waals surface area (Å²) in [7, 11) is 1.77. The van der Waals surface area contributed by atoms with E-state index in [9.17, 15) is 9.59 Å². The van der Waals surface area contributed by atoms with Crippen LogP contribution in [0, 0.1) is 0 Å². The molecule has 0 saturated heterocycles. The molecule has 0 bridgehead atoms. The Hall–Kier alpha value is -0.810. The Bertz CT molecular complexity index is 243. The van der Waals surface area contributed by atoms with Crippen LogP contribution in [0.25, 0.3) is 0 Å². The van der Waals surface area contributed by atoms with E-state index < -0.39 is 5.97 Å². The SMILES string of the molecule is CCCN(CCC)C(=O)CN(C)CCC(=O)O.Cl. The van der Waals surface area contributed by atoms with Crippen molar-refractivity contribution in [2.75, 3.05) is 33.2 Å². The van der Waals surface area contributed by atoms with E-state index in [1.54, 1.807) is 11.9 Å². The Morgan fingerprint density at radius 3 is 1.94 bits per heavy atom. The monoisotopic (exact) mass is 280 g/mol. The third-order valence-electron chi connectivity index (χ3n) is 2.45. The zero-order chi connectivity index (χ0) is 13.3. The number of aliphatic carboxylic acids is 1. The number of nitrogens with zero attached hydrogens (tertiary/aromatic N) is 2. The summed E-state index contributed by atoms with van der Waals surface area (Å²) in [5.41, 5.74) is 0. The summed E-state index contributed by atoms with van der Waals surface area (Å²) >= 11 is 0. The summed E-state index contributed by atoms with van der Waals surface area (Å²) < 4.78 is 0. The second-order valence-electron chi connectivity index (χ2n) is 4.26. The van der Waals surface area contributed by atoms with Crippen LogP contribution in [-0.4, -0.2) is 60.0 Å². The van der Waals surface area contributed by atoms with Gasteiger partial charge in [0.25, 0.3) is 0 Å². The van der Waals surface area contributed by atoms with Crippen molar-refractivity contribution < 1.29 is 14.7 Å². The van der Waals surface area contributed by atoms with Gasteiger partial charge in [-0.05, 0) is 19.9 Å². The van der Waals surface area contributed by atoms with Gasteiger partial charge >= 0.3 is 5.97 Å². The quantitative estimate of drug-likeness (QED) is 0.695. The zero-order valence-electron chi connectivity index (χ0n) is 11.5. The van der Waals surface area contributed by atoms with Crippen molar-refractivity contribution in [2.24, 2.45) is 0 Å². The molecule has 0 unspecified atom stereocenters. The van der Waals surface area contributed by atoms with E-state index in [0.717, 1.165) is 25.9 Å². The highest BCUT2D eigenvalue weighted by Gasteiger charge is 2.14. The first-order valence-electron chi connectivity index (χ1n) is 6.19. The van der Waals surface area contributed by atoms with E-state index in [-0.39, 0.29) is 24.7 Å². The lowest BCUT2D eigenvalue weighted by atomic mass is 10.3. The number of carboxylic acids is 1. The van der Waals surface area contributed by atoms with Gasteiger partial charge in [-0.25, -0.2) is 0 Å². The van der Waals surface area contributed by atoms with Crippen molar-refractivity contribution in [2.45, 2.75) is 33.1 Å². The lowest BCUT2D eigenvalue weighted by molar-refractivity contribution is -0.138. The second kappa shape index (κ2) is 11.3. The Kier molecular flexibility index (Phi) is 12.2. The molecule has 108 valence electrons. The van der Waals surface area contributed by atoms with Gasteiger partial charge in [0.15, 0.2) is 0 Å². The van der Waals surface area contributed by atoms with Crippen molar-refractivity contribution >= 4 is 24.3 Å². The number of likely N-dealkylation sites (N-methyl/N-ethyl adjacent to an activating group) is 1. The molecule has 0 saturated carbocycles. The number of amides is 1. The molecule has 0 aromatic carbocycles. The molecule has 0 radical (unpaired) electrons. The maximum atomic E-state index is 11.9. The van der Waals surface area contributed by atoms with Crippen LogP contribution >= 0.6 is 12.4 Å². The van der Waals surface area contributed by atoms with Gasteiger partial charge in [-0.1, -0.05) is 13.8 Å². The van der Waals surface area contributed by atoms with Crippen molar-refractivity contribution in [3.8, 4) is 0 Å². The Morgan fingerprint density at radius 1 is 1.06 bits per heavy atom. The van der Waals surface area contributed by atoms with Gasteiger partial charge in [0, 0.05) is 19.6 Å². The van der Waals surface area contributed by atoms with Crippen molar-refractivity contribution in [1.82, 2.24) is 9.80 Å². The molecule has 0 fully saturated rings. The molecular formula is C12H25ClN2O3. The Labute approximate surface area is 116 Å². The molecule has 0 heterocycles. The molecule has 0 atom stereocenters. The van der Waals surface area contributed by atoms with Crippen LogP contribution in [0.2, 0.25) is 0 Å². The summed E-state index contributed by atoms with van der Waals surface area (Å²) in [5, 5.41) is 8.55. The number of carboxylic acid groups (broad SMARTS) is 1. The van der Waals surface area contributed by atoms with Gasteiger partial charge < -0.3 is 10.0 Å². The van der Waals surface area contributed by atoms with Gasteiger partial charge in [0.1, 0.15) is 0 Å². The third kappa shape index (κ3) is 9.24. The lowest BCUT2D eigenvalue weighted by Gasteiger charge is -2.24. The number of rotatable bonds is 9. The standard InChI is InChI=1S/C12H24N2O3.ClH/c1-4-7-14(8-5-2)11(15)10-13(3)9-6-12(16)17;/h4-10H2,1-3H3,(H,16,17);1H. The summed E-state index contributed by atoms with van der Waals surface area (Å²) in [6, 6.07) is 0. The minimum Gasteiger partial charge on any atom is -0.481 e. The first kappa shape index (κ1) is 19.5. The van der Waals surface area contributed by atoms with E-state index in [1.165, 1.54) is 0 Å². The van der Waals surface area contributed by atoms with Gasteiger partial charge in [0.2, 0.25) is 5.91 Å². The predicted molar refractivity (Wildman–Crippen MR) is 74.2 cm³/mol. The number of carbonyl (C=O) groups excluding carboxylic acids is 1. The van der Waals surface area contributed by atoms with Crippen LogP contribution in [0.1, 0.15) is 33.1 Å². The Balaban J connectivity index is 0. The third-order valence-corrected chi connectivity index (χ3v) is 2.45. The first-order chi connectivity index (χ1) is 8.01. The van der Waals surface area contributed by atoms with Crippen molar-refractivity contribution in [3.05, 3.63) is 0 Å². The average molecular weight is 281 g/mol. The topological polar surface area (TPSA) is 60.9 Å². The summed E-state index contributed by atoms with van der Waals surface area (Å²) in [5.74, 6) is -0.745. The average Bonchev–Trinajstić information content (AvgIpc) is 2.26. The fourth-order valence-corrected chi connectivity index (χ4v) is 1.60. The van der Waals surface area contributed by atoms with Gasteiger partial charge in [0.05, 0.1) is 13.0 Å². The van der Waals surface area contributed by atoms with E-state index in [4.69, 9.17) is 5.11 Å². The lowest BCUT2D eigenvalue weighted by Crippen LogP contribution is -2.40. The van der Waals surface area contributed by atoms with Crippen molar-refractivity contribution in [3.63, 3.8) is 0 Å². The molecule has 0 aromatic rings. The molecule has 0 aliphatic rings. The normalized spacial score (nSPS) is 10.0. The fourth-order valence-electron chi connectivity index (χ4n) is 1.60. The second-order valence-corrected chi connectivity index (χ2v) is 4.26. The minimum absolute atomic E-state index is 0. The molecule has 18 heavy (non-hydrogen) atoms. The molecule has 0 aliphatic heterocycles. The smallest absolute Gasteiger partial charge is 0.304 e. The predicted octanol–water partition coefficient (Wildman–Crippen LogP) is 1.46. The molecule has 0 spiro atoms.